The van der Waals surface area contributed by atoms with Gasteiger partial charge in [0.1, 0.15) is 60.4 Å². The van der Waals surface area contributed by atoms with Crippen LogP contribution in [0, 0.1) is 0 Å². The van der Waals surface area contributed by atoms with E-state index >= 15 is 0 Å². The number of fused-ring (bicyclic) bond motifs is 2. The van der Waals surface area contributed by atoms with Gasteiger partial charge in [0.25, 0.3) is 35.4 Å². The molecule has 0 aromatic heterocycles. The molecule has 2 aliphatic heterocycles. The number of carboxylic acid groups (broad SMARTS) is 6. The van der Waals surface area contributed by atoms with Crippen molar-refractivity contribution in [1.82, 2.24) is 73.6 Å². The first-order valence-electron chi connectivity index (χ1n) is 37.7. The number of carbonyl (C=O) groups excluding carboxylic acids is 18. The number of hydrogen-bond acceptors (Lipinski definition) is 26. The molecule has 0 bridgehead atoms. The fourth-order valence-corrected chi connectivity index (χ4v) is 13.0. The lowest BCUT2D eigenvalue weighted by Crippen LogP contribution is -2.58. The van der Waals surface area contributed by atoms with Crippen molar-refractivity contribution in [2.75, 3.05) is 13.1 Å². The molecule has 5 aromatic rings. The number of aliphatic carboxylic acids is 6. The van der Waals surface area contributed by atoms with Gasteiger partial charge in [-0.2, -0.15) is 0 Å². The molecule has 0 spiro atoms. The zero-order chi connectivity index (χ0) is 90.9. The summed E-state index contributed by atoms with van der Waals surface area (Å²) in [6.07, 6.45) is -7.00. The quantitative estimate of drug-likeness (QED) is 0.00987. The first kappa shape index (κ1) is 94.5. The van der Waals surface area contributed by atoms with Crippen LogP contribution in [0.25, 0.3) is 43.1 Å². The minimum atomic E-state index is -1.73. The lowest BCUT2D eigenvalue weighted by molar-refractivity contribution is -0.140. The second-order valence-corrected chi connectivity index (χ2v) is 28.7. The van der Waals surface area contributed by atoms with Gasteiger partial charge in [-0.3, -0.25) is 115 Å². The van der Waals surface area contributed by atoms with Gasteiger partial charge in [-0.15, -0.1) is 0 Å². The van der Waals surface area contributed by atoms with E-state index in [2.05, 4.69) is 63.8 Å². The molecule has 5 aromatic carbocycles. The molecule has 22 N–H and O–H groups in total. The number of hydrogen-bond donors (Lipinski definition) is 20. The van der Waals surface area contributed by atoms with Crippen molar-refractivity contribution >= 4 is 185 Å². The first-order valence-corrected chi connectivity index (χ1v) is 37.7. The van der Waals surface area contributed by atoms with Crippen LogP contribution < -0.4 is 75.3 Å². The van der Waals surface area contributed by atoms with Crippen LogP contribution in [-0.2, 0) is 95.9 Å². The van der Waals surface area contributed by atoms with Crippen LogP contribution in [-0.4, -0.2) is 268 Å². The fourth-order valence-electron chi connectivity index (χ4n) is 13.0. The van der Waals surface area contributed by atoms with Gasteiger partial charge >= 0.3 is 35.8 Å². The maximum Gasteiger partial charge on any atom is 0.303 e. The minimum Gasteiger partial charge on any atom is -0.481 e. The van der Waals surface area contributed by atoms with Crippen molar-refractivity contribution in [3.63, 3.8) is 0 Å². The Balaban J connectivity index is 0.929. The highest BCUT2D eigenvalue weighted by Crippen LogP contribution is 2.46. The average molecular weight is 1710 g/mol. The van der Waals surface area contributed by atoms with Crippen molar-refractivity contribution in [1.29, 1.82) is 0 Å². The molecule has 2 aliphatic rings. The van der Waals surface area contributed by atoms with Crippen molar-refractivity contribution in [2.45, 2.75) is 191 Å². The summed E-state index contributed by atoms with van der Waals surface area (Å²) < 4.78 is 0. The highest BCUT2D eigenvalue weighted by Gasteiger charge is 2.43. The van der Waals surface area contributed by atoms with Crippen molar-refractivity contribution in [2.24, 2.45) is 11.5 Å². The van der Waals surface area contributed by atoms with E-state index in [1.807, 2.05) is 0 Å². The molecule has 0 saturated heterocycles. The number of nitrogens with one attached hydrogen (secondary N) is 12. The molecule has 0 radical (unpaired) electrons. The summed E-state index contributed by atoms with van der Waals surface area (Å²) in [5.74, 6) is -27.9. The predicted octanol–water partition coefficient (Wildman–Crippen LogP) is -4.97. The molecule has 18 amide bonds. The molecule has 46 nitrogen and oxygen atoms in total. The van der Waals surface area contributed by atoms with Crippen LogP contribution in [0.2, 0.25) is 0 Å². The summed E-state index contributed by atoms with van der Waals surface area (Å²) >= 11 is 0. The Labute approximate surface area is 688 Å². The molecule has 652 valence electrons. The summed E-state index contributed by atoms with van der Waals surface area (Å²) in [4.78, 5) is 313. The van der Waals surface area contributed by atoms with Gasteiger partial charge in [-0.1, -0.05) is 24.3 Å². The van der Waals surface area contributed by atoms with Gasteiger partial charge in [0.15, 0.2) is 0 Å². The molecule has 0 saturated carbocycles. The standard InChI is InChI=1S/C76H88N16O30/c1-29(81-63(109)31(3)83-65(111)33(5)85-69(115)45(17-23-53(99)100)89-71(117)47(19-25-55(103)104)87-67(113)43(77)15-21-51(95)96)61(107)79-27-49(93)91-73(119)39-11-7-35-37-9-13-41-60-42(14-10-38(58(37)60)36-8-12-40(74(91)120)59(39)57(35)36)76(122)92(75(41)121)50(94)28-80-62(108)30(2)82-64(110)32(4)84-66(112)34(6)86-70(116)46(18-24-54(101)102)90-72(118)48(20-26-56(105)106)88-68(114)44(78)16-22-52(97)98/h7-14,29-34,43-48H,15-28,77-78H2,1-6H3,(H,79,107)(H,80,108)(H,81,109)(H,82,110)(H,83,111)(H,84,112)(H,85,115)(H,86,116)(H,87,113)(H,88,114)(H,89,117)(H,90,118)(H,95,96)(H,97,98)(H,99,100)(H,101,102)(H,103,104)(H,105,106)/t29-,30-,31-,32-,33-,34-,43-,44-,45-,46-,47-,48-/m0/s1. The summed E-state index contributed by atoms with van der Waals surface area (Å²) in [5, 5.41) is 84.7. The predicted molar refractivity (Wildman–Crippen MR) is 415 cm³/mol. The van der Waals surface area contributed by atoms with Gasteiger partial charge in [0, 0.05) is 71.6 Å². The Bertz CT molecular complexity index is 4750. The number of carboxylic acids is 6. The van der Waals surface area contributed by atoms with Crippen LogP contribution in [0.5, 0.6) is 0 Å². The summed E-state index contributed by atoms with van der Waals surface area (Å²) in [6, 6.07) is -7.27. The third kappa shape index (κ3) is 23.4. The minimum absolute atomic E-state index is 0.116. The largest absolute Gasteiger partial charge is 0.481 e. The van der Waals surface area contributed by atoms with Crippen LogP contribution in [0.1, 0.15) is 160 Å². The lowest BCUT2D eigenvalue weighted by atomic mass is 9.82. The third-order valence-corrected chi connectivity index (χ3v) is 19.6. The second-order valence-electron chi connectivity index (χ2n) is 28.7. The van der Waals surface area contributed by atoms with E-state index < -0.39 is 292 Å². The Morgan fingerprint density at radius 1 is 0.270 bits per heavy atom. The number of benzene rings is 5. The Kier molecular flexibility index (Phi) is 31.9. The Morgan fingerprint density at radius 2 is 0.467 bits per heavy atom. The van der Waals surface area contributed by atoms with Crippen LogP contribution in [0.3, 0.4) is 0 Å². The molecule has 12 atom stereocenters. The molecular formula is C76H88N16O30. The monoisotopic (exact) mass is 1700 g/mol. The van der Waals surface area contributed by atoms with Crippen LogP contribution >= 0.6 is 0 Å². The van der Waals surface area contributed by atoms with E-state index in [9.17, 15) is 135 Å². The normalized spacial score (nSPS) is 15.2. The van der Waals surface area contributed by atoms with Gasteiger partial charge < -0.3 is 106 Å². The van der Waals surface area contributed by atoms with Gasteiger partial charge in [-0.05, 0) is 137 Å². The molecule has 0 aliphatic carbocycles. The number of amides is 18. The topological polar surface area (TPSA) is 734 Å². The highest BCUT2D eigenvalue weighted by atomic mass is 16.4. The van der Waals surface area contributed by atoms with Crippen molar-refractivity contribution in [3.05, 3.63) is 70.8 Å². The molecule has 7 rings (SSSR count). The Hall–Kier alpha value is -14.6. The van der Waals surface area contributed by atoms with E-state index in [1.165, 1.54) is 76.2 Å². The smallest absolute Gasteiger partial charge is 0.303 e. The van der Waals surface area contributed by atoms with Gasteiger partial charge in [0.2, 0.25) is 70.9 Å². The van der Waals surface area contributed by atoms with Crippen LogP contribution in [0.15, 0.2) is 48.5 Å². The molecule has 46 heteroatoms. The third-order valence-electron chi connectivity index (χ3n) is 19.6. The fraction of sp³-hybridized carbons (Fsp3) is 0.421. The zero-order valence-corrected chi connectivity index (χ0v) is 66.0. The molecule has 2 heterocycles. The maximum atomic E-state index is 14.3. The van der Waals surface area contributed by atoms with E-state index in [0.29, 0.717) is 42.1 Å². The maximum absolute atomic E-state index is 14.3. The van der Waals surface area contributed by atoms with Crippen molar-refractivity contribution in [3.8, 4) is 0 Å². The number of nitrogens with two attached hydrogens (primary N) is 2. The summed E-state index contributed by atoms with van der Waals surface area (Å²) in [5.41, 5.74) is 10.9. The zero-order valence-electron chi connectivity index (χ0n) is 66.0. The SMILES string of the molecule is C[C@H](NC(=O)[C@H](C)NC(=O)[C@H](C)NC(=O)[C@H](CCC(=O)O)NC(=O)[C@H](CCC(=O)O)NC(=O)[C@@H](N)CCC(=O)O)C(=O)NCC(=O)N1C(=O)c2ccc3c4ccc5c6c(ccc(c7ccc(c2c37)C1=O)c64)C(=O)N(C(=O)CNC(=O)[C@H](C)NC(=O)[C@H](C)NC(=O)[C@H](C)NC(=O)[C@H](CCC(=O)O)NC(=O)[C@H](CCC(=O)O)NC(=O)[C@@H](N)CCC(=O)O)C5=O. The molecule has 0 fully saturated rings. The molecule has 122 heavy (non-hydrogen) atoms. The average Bonchev–Trinajstić information content (AvgIpc) is 0.689. The van der Waals surface area contributed by atoms with E-state index in [0.717, 1.165) is 13.8 Å². The molecule has 0 unspecified atom stereocenters. The number of imide groups is 6. The summed E-state index contributed by atoms with van der Waals surface area (Å²) in [7, 11) is 0. The first-order chi connectivity index (χ1) is 57.2. The van der Waals surface area contributed by atoms with Crippen LogP contribution in [0.4, 0.5) is 0 Å². The lowest BCUT2D eigenvalue weighted by Gasteiger charge is -2.29. The number of carbonyl (C=O) groups is 24. The highest BCUT2D eigenvalue weighted by molar-refractivity contribution is 6.43. The molecular weight excluding hydrogens is 1620 g/mol. The van der Waals surface area contributed by atoms with E-state index in [4.69, 9.17) is 21.7 Å². The van der Waals surface area contributed by atoms with Crippen molar-refractivity contribution < 1.29 is 146 Å². The number of nitrogens with zero attached hydrogens (tertiary/aromatic N) is 2. The number of rotatable bonds is 44. The van der Waals surface area contributed by atoms with Gasteiger partial charge in [-0.25, -0.2) is 9.80 Å². The van der Waals surface area contributed by atoms with Gasteiger partial charge in [0.05, 0.1) is 25.2 Å². The van der Waals surface area contributed by atoms with E-state index in [1.54, 1.807) is 0 Å². The summed E-state index contributed by atoms with van der Waals surface area (Å²) in [6.45, 7) is 5.02. The Morgan fingerprint density at radius 3 is 0.697 bits per heavy atom. The second kappa shape index (κ2) is 41.2. The van der Waals surface area contributed by atoms with E-state index in [-0.39, 0.29) is 45.9 Å².